The number of nitrogens with zero attached hydrogens (tertiary/aromatic N) is 2. The number of hydrogen-bond acceptors (Lipinski definition) is 4. The topological polar surface area (TPSA) is 28.2 Å². The quantitative estimate of drug-likeness (QED) is 0.915. The van der Waals surface area contributed by atoms with Crippen molar-refractivity contribution in [1.82, 2.24) is 15.2 Å². The van der Waals surface area contributed by atoms with Crippen molar-refractivity contribution in [2.75, 3.05) is 26.2 Å². The van der Waals surface area contributed by atoms with Gasteiger partial charge in [0.2, 0.25) is 0 Å². The Kier molecular flexibility index (Phi) is 3.69. The van der Waals surface area contributed by atoms with Crippen LogP contribution >= 0.6 is 11.3 Å². The molecule has 0 saturated carbocycles. The molecule has 3 rings (SSSR count). The highest BCUT2D eigenvalue weighted by Crippen LogP contribution is 2.29. The zero-order valence-corrected chi connectivity index (χ0v) is 11.1. The summed E-state index contributed by atoms with van der Waals surface area (Å²) in [7, 11) is 0. The van der Waals surface area contributed by atoms with Crippen molar-refractivity contribution in [3.63, 3.8) is 0 Å². The molecular formula is C14H17N3S. The van der Waals surface area contributed by atoms with E-state index in [1.807, 2.05) is 18.5 Å². The van der Waals surface area contributed by atoms with E-state index in [0.29, 0.717) is 6.04 Å². The molecule has 1 aliphatic heterocycles. The number of nitrogens with one attached hydrogen (secondary N) is 1. The average molecular weight is 259 g/mol. The van der Waals surface area contributed by atoms with Crippen molar-refractivity contribution in [2.24, 2.45) is 0 Å². The van der Waals surface area contributed by atoms with Gasteiger partial charge in [0.1, 0.15) is 0 Å². The summed E-state index contributed by atoms with van der Waals surface area (Å²) >= 11 is 1.76. The van der Waals surface area contributed by atoms with Crippen LogP contribution in [0.4, 0.5) is 0 Å². The molecule has 0 aliphatic carbocycles. The molecule has 94 valence electrons. The summed E-state index contributed by atoms with van der Waals surface area (Å²) in [6, 6.07) is 6.78. The molecule has 0 amide bonds. The van der Waals surface area contributed by atoms with E-state index in [1.54, 1.807) is 11.3 Å². The van der Waals surface area contributed by atoms with Crippen molar-refractivity contribution < 1.29 is 0 Å². The summed E-state index contributed by atoms with van der Waals surface area (Å²) in [6.45, 7) is 4.33. The fraction of sp³-hybridized carbons (Fsp3) is 0.357. The first-order chi connectivity index (χ1) is 8.95. The van der Waals surface area contributed by atoms with Gasteiger partial charge in [-0.05, 0) is 34.0 Å². The van der Waals surface area contributed by atoms with E-state index in [4.69, 9.17) is 0 Å². The second-order valence-corrected chi connectivity index (χ2v) is 5.31. The minimum Gasteiger partial charge on any atom is -0.314 e. The third-order valence-corrected chi connectivity index (χ3v) is 4.08. The van der Waals surface area contributed by atoms with Crippen molar-refractivity contribution >= 4 is 11.3 Å². The molecule has 3 heterocycles. The van der Waals surface area contributed by atoms with E-state index < -0.39 is 0 Å². The standard InChI is InChI=1S/C14H17N3S/c1-2-12(10-16-4-1)14(13-3-9-18-11-13)17-7-5-15-6-8-17/h1-4,9-11,14-15H,5-8H2. The van der Waals surface area contributed by atoms with Crippen LogP contribution in [0.3, 0.4) is 0 Å². The van der Waals surface area contributed by atoms with Gasteiger partial charge < -0.3 is 5.32 Å². The van der Waals surface area contributed by atoms with E-state index in [-0.39, 0.29) is 0 Å². The van der Waals surface area contributed by atoms with Crippen LogP contribution in [0.1, 0.15) is 17.2 Å². The molecule has 1 aliphatic rings. The smallest absolute Gasteiger partial charge is 0.0626 e. The minimum atomic E-state index is 0.354. The molecule has 0 spiro atoms. The molecule has 2 aromatic rings. The Labute approximate surface area is 111 Å². The second kappa shape index (κ2) is 5.61. The molecule has 0 radical (unpaired) electrons. The Morgan fingerprint density at radius 1 is 1.22 bits per heavy atom. The molecular weight excluding hydrogens is 242 g/mol. The lowest BCUT2D eigenvalue weighted by atomic mass is 10.0. The Bertz CT molecular complexity index is 463. The SMILES string of the molecule is c1cncc(C(c2ccsc2)N2CCNCC2)c1. The van der Waals surface area contributed by atoms with Crippen LogP contribution in [0.15, 0.2) is 41.4 Å². The van der Waals surface area contributed by atoms with Crippen LogP contribution in [0.5, 0.6) is 0 Å². The van der Waals surface area contributed by atoms with Gasteiger partial charge in [0.05, 0.1) is 6.04 Å². The number of rotatable bonds is 3. The van der Waals surface area contributed by atoms with Crippen LogP contribution in [-0.4, -0.2) is 36.1 Å². The van der Waals surface area contributed by atoms with Gasteiger partial charge in [0, 0.05) is 38.6 Å². The summed E-state index contributed by atoms with van der Waals surface area (Å²) in [5.41, 5.74) is 2.67. The summed E-state index contributed by atoms with van der Waals surface area (Å²) in [5.74, 6) is 0. The molecule has 0 bridgehead atoms. The van der Waals surface area contributed by atoms with Crippen molar-refractivity contribution in [2.45, 2.75) is 6.04 Å². The van der Waals surface area contributed by atoms with E-state index >= 15 is 0 Å². The Morgan fingerprint density at radius 3 is 2.78 bits per heavy atom. The summed E-state index contributed by atoms with van der Waals surface area (Å²) in [5, 5.41) is 7.82. The predicted molar refractivity (Wildman–Crippen MR) is 74.8 cm³/mol. The van der Waals surface area contributed by atoms with Crippen molar-refractivity contribution in [3.8, 4) is 0 Å². The molecule has 3 nitrogen and oxygen atoms in total. The molecule has 2 aromatic heterocycles. The molecule has 1 saturated heterocycles. The van der Waals surface area contributed by atoms with Gasteiger partial charge in [-0.1, -0.05) is 6.07 Å². The zero-order chi connectivity index (χ0) is 12.2. The maximum atomic E-state index is 4.27. The van der Waals surface area contributed by atoms with Crippen molar-refractivity contribution in [1.29, 1.82) is 0 Å². The third kappa shape index (κ3) is 2.46. The average Bonchev–Trinajstić information content (AvgIpc) is 2.95. The van der Waals surface area contributed by atoms with E-state index in [2.05, 4.69) is 38.1 Å². The fourth-order valence-electron chi connectivity index (χ4n) is 2.52. The molecule has 1 N–H and O–H groups in total. The predicted octanol–water partition coefficient (Wildman–Crippen LogP) is 2.14. The van der Waals surface area contributed by atoms with Crippen LogP contribution in [0.25, 0.3) is 0 Å². The van der Waals surface area contributed by atoms with Crippen LogP contribution in [0.2, 0.25) is 0 Å². The van der Waals surface area contributed by atoms with Crippen molar-refractivity contribution in [3.05, 3.63) is 52.5 Å². The normalized spacial score (nSPS) is 18.7. The highest BCUT2D eigenvalue weighted by Gasteiger charge is 2.24. The number of thiophene rings is 1. The van der Waals surface area contributed by atoms with E-state index in [9.17, 15) is 0 Å². The molecule has 1 fully saturated rings. The summed E-state index contributed by atoms with van der Waals surface area (Å²) in [4.78, 5) is 6.81. The van der Waals surface area contributed by atoms with Gasteiger partial charge >= 0.3 is 0 Å². The van der Waals surface area contributed by atoms with Gasteiger partial charge in [0.15, 0.2) is 0 Å². The first kappa shape index (κ1) is 11.8. The van der Waals surface area contributed by atoms with Gasteiger partial charge in [-0.25, -0.2) is 0 Å². The number of piperazine rings is 1. The molecule has 4 heteroatoms. The monoisotopic (exact) mass is 259 g/mol. The Morgan fingerprint density at radius 2 is 2.11 bits per heavy atom. The zero-order valence-electron chi connectivity index (χ0n) is 10.2. The Balaban J connectivity index is 1.93. The number of pyridine rings is 1. The molecule has 1 atom stereocenters. The lowest BCUT2D eigenvalue weighted by molar-refractivity contribution is 0.198. The number of hydrogen-bond donors (Lipinski definition) is 1. The summed E-state index contributed by atoms with van der Waals surface area (Å²) < 4.78 is 0. The molecule has 1 unspecified atom stereocenters. The first-order valence-corrected chi connectivity index (χ1v) is 7.26. The van der Waals surface area contributed by atoms with Gasteiger partial charge in [0.25, 0.3) is 0 Å². The largest absolute Gasteiger partial charge is 0.314 e. The molecule has 0 aromatic carbocycles. The summed E-state index contributed by atoms with van der Waals surface area (Å²) in [6.07, 6.45) is 3.83. The van der Waals surface area contributed by atoms with Crippen LogP contribution < -0.4 is 5.32 Å². The van der Waals surface area contributed by atoms with Crippen LogP contribution in [-0.2, 0) is 0 Å². The first-order valence-electron chi connectivity index (χ1n) is 6.32. The van der Waals surface area contributed by atoms with Gasteiger partial charge in [-0.3, -0.25) is 9.88 Å². The third-order valence-electron chi connectivity index (χ3n) is 3.38. The van der Waals surface area contributed by atoms with E-state index in [0.717, 1.165) is 26.2 Å². The maximum absolute atomic E-state index is 4.27. The highest BCUT2D eigenvalue weighted by atomic mass is 32.1. The minimum absolute atomic E-state index is 0.354. The second-order valence-electron chi connectivity index (χ2n) is 4.53. The Hall–Kier alpha value is -1.23. The lowest BCUT2D eigenvalue weighted by Gasteiger charge is -2.34. The fourth-order valence-corrected chi connectivity index (χ4v) is 3.20. The van der Waals surface area contributed by atoms with Crippen LogP contribution in [0, 0.1) is 0 Å². The highest BCUT2D eigenvalue weighted by molar-refractivity contribution is 7.08. The maximum Gasteiger partial charge on any atom is 0.0626 e. The van der Waals surface area contributed by atoms with E-state index in [1.165, 1.54) is 11.1 Å². The number of aromatic nitrogens is 1. The lowest BCUT2D eigenvalue weighted by Crippen LogP contribution is -2.45. The van der Waals surface area contributed by atoms with Gasteiger partial charge in [-0.15, -0.1) is 0 Å². The van der Waals surface area contributed by atoms with Gasteiger partial charge in [-0.2, -0.15) is 11.3 Å². The molecule has 18 heavy (non-hydrogen) atoms.